The molecule has 1 aliphatic heterocycles. The lowest BCUT2D eigenvalue weighted by Gasteiger charge is -2.21. The van der Waals surface area contributed by atoms with Crippen molar-refractivity contribution in [2.24, 2.45) is 5.92 Å². The average Bonchev–Trinajstić information content (AvgIpc) is 2.89. The summed E-state index contributed by atoms with van der Waals surface area (Å²) in [4.78, 5) is 4.19. The monoisotopic (exact) mass is 259 g/mol. The molecule has 3 rings (SSSR count). The van der Waals surface area contributed by atoms with E-state index in [0.717, 1.165) is 43.9 Å². The minimum atomic E-state index is 0.179. The van der Waals surface area contributed by atoms with Crippen LogP contribution in [0.25, 0.3) is 11.3 Å². The van der Waals surface area contributed by atoms with Gasteiger partial charge in [0.25, 0.3) is 0 Å². The fraction of sp³-hybridized carbons (Fsp3) is 0.429. The predicted octanol–water partition coefficient (Wildman–Crippen LogP) is 2.08. The van der Waals surface area contributed by atoms with E-state index in [1.165, 1.54) is 6.20 Å². The Bertz CT molecular complexity index is 530. The minimum Gasteiger partial charge on any atom is -0.506 e. The van der Waals surface area contributed by atoms with Gasteiger partial charge in [0.15, 0.2) is 0 Å². The Balaban J connectivity index is 1.70. The third kappa shape index (κ3) is 2.93. The zero-order valence-electron chi connectivity index (χ0n) is 10.7. The quantitative estimate of drug-likeness (QED) is 0.916. The number of hydrogen-bond donors (Lipinski definition) is 1. The Morgan fingerprint density at radius 1 is 1.26 bits per heavy atom. The molecule has 2 aromatic rings. The van der Waals surface area contributed by atoms with Crippen molar-refractivity contribution in [3.8, 4) is 17.0 Å². The van der Waals surface area contributed by atoms with E-state index in [2.05, 4.69) is 10.1 Å². The van der Waals surface area contributed by atoms with Gasteiger partial charge in [0.05, 0.1) is 18.1 Å². The van der Waals surface area contributed by atoms with Gasteiger partial charge in [-0.2, -0.15) is 5.10 Å². The standard InChI is InChI=1S/C14H17N3O2/c18-13-1-2-14(15-8-13)12-7-16-17(10-12)9-11-3-5-19-6-4-11/h1-2,7-8,10-11,18H,3-6,9H2. The Morgan fingerprint density at radius 2 is 2.11 bits per heavy atom. The van der Waals surface area contributed by atoms with Crippen molar-refractivity contribution in [3.63, 3.8) is 0 Å². The molecule has 0 unspecified atom stereocenters. The second-order valence-electron chi connectivity index (χ2n) is 4.91. The molecule has 0 radical (unpaired) electrons. The minimum absolute atomic E-state index is 0.179. The Kier molecular flexibility index (Phi) is 3.46. The topological polar surface area (TPSA) is 60.2 Å². The van der Waals surface area contributed by atoms with Crippen molar-refractivity contribution in [3.05, 3.63) is 30.7 Å². The van der Waals surface area contributed by atoms with Crippen LogP contribution < -0.4 is 0 Å². The Morgan fingerprint density at radius 3 is 2.84 bits per heavy atom. The molecule has 1 N–H and O–H groups in total. The summed E-state index contributed by atoms with van der Waals surface area (Å²) in [5, 5.41) is 13.6. The molecule has 1 fully saturated rings. The maximum Gasteiger partial charge on any atom is 0.133 e. The van der Waals surface area contributed by atoms with Crippen molar-refractivity contribution >= 4 is 0 Å². The van der Waals surface area contributed by atoms with E-state index in [1.54, 1.807) is 12.1 Å². The van der Waals surface area contributed by atoms with Crippen molar-refractivity contribution in [1.82, 2.24) is 14.8 Å². The lowest BCUT2D eigenvalue weighted by atomic mass is 10.0. The predicted molar refractivity (Wildman–Crippen MR) is 70.7 cm³/mol. The first kappa shape index (κ1) is 12.2. The summed E-state index contributed by atoms with van der Waals surface area (Å²) in [5.74, 6) is 0.827. The van der Waals surface area contributed by atoms with E-state index >= 15 is 0 Å². The van der Waals surface area contributed by atoms with E-state index in [-0.39, 0.29) is 5.75 Å². The highest BCUT2D eigenvalue weighted by Crippen LogP contribution is 2.20. The molecule has 0 amide bonds. The third-order valence-corrected chi connectivity index (χ3v) is 3.46. The highest BCUT2D eigenvalue weighted by molar-refractivity contribution is 5.57. The first-order valence-corrected chi connectivity index (χ1v) is 6.57. The van der Waals surface area contributed by atoms with Gasteiger partial charge in [0.2, 0.25) is 0 Å². The van der Waals surface area contributed by atoms with Gasteiger partial charge in [-0.3, -0.25) is 9.67 Å². The zero-order valence-corrected chi connectivity index (χ0v) is 10.7. The molecular weight excluding hydrogens is 242 g/mol. The molecule has 1 saturated heterocycles. The second kappa shape index (κ2) is 5.40. The highest BCUT2D eigenvalue weighted by Gasteiger charge is 2.15. The second-order valence-corrected chi connectivity index (χ2v) is 4.91. The number of aromatic hydroxyl groups is 1. The van der Waals surface area contributed by atoms with Crippen LogP contribution in [0.15, 0.2) is 30.7 Å². The molecule has 19 heavy (non-hydrogen) atoms. The lowest BCUT2D eigenvalue weighted by Crippen LogP contribution is -2.20. The smallest absolute Gasteiger partial charge is 0.133 e. The summed E-state index contributed by atoms with van der Waals surface area (Å²) in [7, 11) is 0. The number of rotatable bonds is 3. The van der Waals surface area contributed by atoms with E-state index < -0.39 is 0 Å². The SMILES string of the molecule is Oc1ccc(-c2cnn(CC3CCOCC3)c2)nc1. The van der Waals surface area contributed by atoms with Crippen LogP contribution >= 0.6 is 0 Å². The Hall–Kier alpha value is -1.88. The van der Waals surface area contributed by atoms with Gasteiger partial charge < -0.3 is 9.84 Å². The molecule has 0 aliphatic carbocycles. The van der Waals surface area contributed by atoms with Crippen LogP contribution in [0.3, 0.4) is 0 Å². The van der Waals surface area contributed by atoms with Gasteiger partial charge in [0.1, 0.15) is 5.75 Å². The Labute approximate surface area is 111 Å². The van der Waals surface area contributed by atoms with Crippen LogP contribution in [0.4, 0.5) is 0 Å². The third-order valence-electron chi connectivity index (χ3n) is 3.46. The summed E-state index contributed by atoms with van der Waals surface area (Å²) in [5.41, 5.74) is 1.81. The van der Waals surface area contributed by atoms with Gasteiger partial charge in [-0.05, 0) is 30.9 Å². The number of pyridine rings is 1. The van der Waals surface area contributed by atoms with Gasteiger partial charge in [-0.25, -0.2) is 0 Å². The molecule has 5 nitrogen and oxygen atoms in total. The summed E-state index contributed by atoms with van der Waals surface area (Å²) >= 11 is 0. The molecule has 2 aromatic heterocycles. The van der Waals surface area contributed by atoms with E-state index in [0.29, 0.717) is 5.92 Å². The van der Waals surface area contributed by atoms with Crippen molar-refractivity contribution < 1.29 is 9.84 Å². The maximum atomic E-state index is 9.23. The van der Waals surface area contributed by atoms with Crippen molar-refractivity contribution in [2.45, 2.75) is 19.4 Å². The molecular formula is C14H17N3O2. The zero-order chi connectivity index (χ0) is 13.1. The number of nitrogens with zero attached hydrogens (tertiary/aromatic N) is 3. The van der Waals surface area contributed by atoms with Gasteiger partial charge in [-0.15, -0.1) is 0 Å². The lowest BCUT2D eigenvalue weighted by molar-refractivity contribution is 0.0601. The molecule has 1 aliphatic rings. The van der Waals surface area contributed by atoms with E-state index in [9.17, 15) is 5.11 Å². The molecule has 0 bridgehead atoms. The molecule has 0 spiro atoms. The molecule has 100 valence electrons. The van der Waals surface area contributed by atoms with Gasteiger partial charge in [0, 0.05) is 31.5 Å². The number of hydrogen-bond acceptors (Lipinski definition) is 4. The first-order valence-electron chi connectivity index (χ1n) is 6.57. The number of aromatic nitrogens is 3. The van der Waals surface area contributed by atoms with Crippen molar-refractivity contribution in [2.75, 3.05) is 13.2 Å². The van der Waals surface area contributed by atoms with Crippen LogP contribution in [0.5, 0.6) is 5.75 Å². The molecule has 0 saturated carbocycles. The van der Waals surface area contributed by atoms with Gasteiger partial charge in [-0.1, -0.05) is 0 Å². The summed E-state index contributed by atoms with van der Waals surface area (Å²) < 4.78 is 7.33. The van der Waals surface area contributed by atoms with Crippen LogP contribution in [0.2, 0.25) is 0 Å². The fourth-order valence-electron chi connectivity index (χ4n) is 2.35. The average molecular weight is 259 g/mol. The summed E-state index contributed by atoms with van der Waals surface area (Å²) in [6.07, 6.45) is 7.48. The van der Waals surface area contributed by atoms with Crippen LogP contribution in [-0.2, 0) is 11.3 Å². The summed E-state index contributed by atoms with van der Waals surface area (Å²) in [6.45, 7) is 2.65. The van der Waals surface area contributed by atoms with Crippen LogP contribution in [0.1, 0.15) is 12.8 Å². The largest absolute Gasteiger partial charge is 0.506 e. The molecule has 0 aromatic carbocycles. The molecule has 0 atom stereocenters. The molecule has 3 heterocycles. The first-order chi connectivity index (χ1) is 9.31. The van der Waals surface area contributed by atoms with Crippen molar-refractivity contribution in [1.29, 1.82) is 0 Å². The van der Waals surface area contributed by atoms with Crippen LogP contribution in [-0.4, -0.2) is 33.1 Å². The fourth-order valence-corrected chi connectivity index (χ4v) is 2.35. The summed E-state index contributed by atoms with van der Waals surface area (Å²) in [6, 6.07) is 3.43. The van der Waals surface area contributed by atoms with Crippen LogP contribution in [0, 0.1) is 5.92 Å². The van der Waals surface area contributed by atoms with E-state index in [4.69, 9.17) is 4.74 Å². The maximum absolute atomic E-state index is 9.23. The molecule has 5 heteroatoms. The normalized spacial score (nSPS) is 16.6. The number of ether oxygens (including phenoxy) is 1. The highest BCUT2D eigenvalue weighted by atomic mass is 16.5. The van der Waals surface area contributed by atoms with E-state index in [1.807, 2.05) is 17.1 Å². The van der Waals surface area contributed by atoms with Gasteiger partial charge >= 0.3 is 0 Å².